The van der Waals surface area contributed by atoms with Crippen LogP contribution in [0.3, 0.4) is 0 Å². The lowest BCUT2D eigenvalue weighted by atomic mass is 9.78. The average Bonchev–Trinajstić information content (AvgIpc) is 2.74. The van der Waals surface area contributed by atoms with Crippen LogP contribution in [0.1, 0.15) is 30.0 Å². The number of rotatable bonds is 5. The number of hydrogen-bond donors (Lipinski definition) is 2. The van der Waals surface area contributed by atoms with E-state index in [-0.39, 0.29) is 12.4 Å². The number of halogens is 1. The Bertz CT molecular complexity index is 1070. The van der Waals surface area contributed by atoms with Gasteiger partial charge in [0.05, 0.1) is 0 Å². The topological polar surface area (TPSA) is 72.5 Å². The SMILES string of the molecule is CCc1cccc(-c2ccccc2Oc2ccc3c(c2)CC(N)(C(=O)O)CC3)c1.Cl. The summed E-state index contributed by atoms with van der Waals surface area (Å²) in [6, 6.07) is 22.3. The summed E-state index contributed by atoms with van der Waals surface area (Å²) in [6.45, 7) is 2.14. The minimum atomic E-state index is -1.20. The van der Waals surface area contributed by atoms with E-state index in [0.717, 1.165) is 34.4 Å². The number of fused-ring (bicyclic) bond motifs is 1. The van der Waals surface area contributed by atoms with Crippen LogP contribution in [0.15, 0.2) is 66.7 Å². The van der Waals surface area contributed by atoms with E-state index < -0.39 is 11.5 Å². The average molecular weight is 424 g/mol. The van der Waals surface area contributed by atoms with Crippen molar-refractivity contribution in [1.82, 2.24) is 0 Å². The molecular formula is C25H26ClNO3. The van der Waals surface area contributed by atoms with Crippen LogP contribution in [-0.2, 0) is 24.1 Å². The number of para-hydroxylation sites is 1. The summed E-state index contributed by atoms with van der Waals surface area (Å²) < 4.78 is 6.24. The minimum Gasteiger partial charge on any atom is -0.480 e. The maximum Gasteiger partial charge on any atom is 0.324 e. The van der Waals surface area contributed by atoms with Gasteiger partial charge >= 0.3 is 5.97 Å². The monoisotopic (exact) mass is 423 g/mol. The fourth-order valence-electron chi connectivity index (χ4n) is 3.92. The number of carboxylic acid groups (broad SMARTS) is 1. The molecule has 0 aliphatic heterocycles. The first-order valence-corrected chi connectivity index (χ1v) is 9.99. The molecule has 3 aromatic carbocycles. The second-order valence-electron chi connectivity index (χ2n) is 7.72. The zero-order valence-electron chi connectivity index (χ0n) is 16.9. The van der Waals surface area contributed by atoms with Crippen LogP contribution >= 0.6 is 12.4 Å². The number of benzene rings is 3. The Kier molecular flexibility index (Phi) is 6.49. The van der Waals surface area contributed by atoms with Crippen molar-refractivity contribution in [2.45, 2.75) is 38.1 Å². The zero-order chi connectivity index (χ0) is 20.4. The fourth-order valence-corrected chi connectivity index (χ4v) is 3.92. The van der Waals surface area contributed by atoms with Gasteiger partial charge in [-0.1, -0.05) is 55.5 Å². The zero-order valence-corrected chi connectivity index (χ0v) is 17.7. The Morgan fingerprint density at radius 1 is 1.07 bits per heavy atom. The fraction of sp³-hybridized carbons (Fsp3) is 0.240. The van der Waals surface area contributed by atoms with Crippen LogP contribution in [0.25, 0.3) is 11.1 Å². The van der Waals surface area contributed by atoms with Gasteiger partial charge in [-0.25, -0.2) is 0 Å². The molecule has 156 valence electrons. The molecule has 30 heavy (non-hydrogen) atoms. The molecule has 4 rings (SSSR count). The third kappa shape index (κ3) is 4.35. The summed E-state index contributed by atoms with van der Waals surface area (Å²) in [4.78, 5) is 11.6. The number of aliphatic carboxylic acids is 1. The van der Waals surface area contributed by atoms with Crippen molar-refractivity contribution in [2.75, 3.05) is 0 Å². The van der Waals surface area contributed by atoms with Gasteiger partial charge in [-0.3, -0.25) is 4.79 Å². The first-order chi connectivity index (χ1) is 14.0. The summed E-state index contributed by atoms with van der Waals surface area (Å²) in [5.41, 5.74) is 10.4. The van der Waals surface area contributed by atoms with Crippen molar-refractivity contribution in [2.24, 2.45) is 5.73 Å². The van der Waals surface area contributed by atoms with Gasteiger partial charge in [0.25, 0.3) is 0 Å². The molecule has 0 amide bonds. The Labute approximate surface area is 183 Å². The summed E-state index contributed by atoms with van der Waals surface area (Å²) in [7, 11) is 0. The molecule has 5 heteroatoms. The van der Waals surface area contributed by atoms with E-state index >= 15 is 0 Å². The van der Waals surface area contributed by atoms with Crippen molar-refractivity contribution in [3.05, 3.63) is 83.4 Å². The number of carbonyl (C=O) groups is 1. The highest BCUT2D eigenvalue weighted by atomic mass is 35.5. The van der Waals surface area contributed by atoms with Crippen LogP contribution in [0.5, 0.6) is 11.5 Å². The van der Waals surface area contributed by atoms with Gasteiger partial charge in [0, 0.05) is 12.0 Å². The molecule has 1 aliphatic carbocycles. The molecule has 0 spiro atoms. The van der Waals surface area contributed by atoms with Crippen molar-refractivity contribution >= 4 is 18.4 Å². The van der Waals surface area contributed by atoms with Gasteiger partial charge in [0.15, 0.2) is 0 Å². The third-order valence-electron chi connectivity index (χ3n) is 5.71. The Morgan fingerprint density at radius 3 is 2.63 bits per heavy atom. The number of aryl methyl sites for hydroxylation is 2. The summed E-state index contributed by atoms with van der Waals surface area (Å²) in [5, 5.41) is 9.48. The first-order valence-electron chi connectivity index (χ1n) is 9.99. The van der Waals surface area contributed by atoms with Gasteiger partial charge in [-0.15, -0.1) is 12.4 Å². The van der Waals surface area contributed by atoms with Crippen LogP contribution in [0.4, 0.5) is 0 Å². The van der Waals surface area contributed by atoms with E-state index in [9.17, 15) is 9.90 Å². The molecule has 0 heterocycles. The highest BCUT2D eigenvalue weighted by molar-refractivity contribution is 5.85. The van der Waals surface area contributed by atoms with E-state index in [2.05, 4.69) is 37.3 Å². The lowest BCUT2D eigenvalue weighted by Gasteiger charge is -2.31. The van der Waals surface area contributed by atoms with Crippen molar-refractivity contribution in [3.63, 3.8) is 0 Å². The van der Waals surface area contributed by atoms with Gasteiger partial charge in [0.1, 0.15) is 17.0 Å². The maximum absolute atomic E-state index is 11.6. The third-order valence-corrected chi connectivity index (χ3v) is 5.71. The number of hydrogen-bond acceptors (Lipinski definition) is 3. The standard InChI is InChI=1S/C25H25NO3.ClH/c1-2-17-6-5-7-19(14-17)22-8-3-4-9-23(22)29-21-11-10-18-12-13-25(26,24(27)28)16-20(18)15-21;/h3-11,14-15H,2,12-13,16,26H2,1H3,(H,27,28);1H. The first kappa shape index (κ1) is 21.9. The molecule has 0 aromatic heterocycles. The van der Waals surface area contributed by atoms with Crippen LogP contribution in [-0.4, -0.2) is 16.6 Å². The predicted octanol–water partition coefficient (Wildman–Crippen LogP) is 5.40. The number of carboxylic acids is 1. The van der Waals surface area contributed by atoms with Crippen LogP contribution in [0, 0.1) is 0 Å². The summed E-state index contributed by atoms with van der Waals surface area (Å²) in [6.07, 6.45) is 2.41. The molecule has 4 nitrogen and oxygen atoms in total. The highest BCUT2D eigenvalue weighted by Gasteiger charge is 2.37. The van der Waals surface area contributed by atoms with Crippen molar-refractivity contribution < 1.29 is 14.6 Å². The Morgan fingerprint density at radius 2 is 1.87 bits per heavy atom. The molecule has 3 N–H and O–H groups in total. The summed E-state index contributed by atoms with van der Waals surface area (Å²) >= 11 is 0. The molecule has 3 aromatic rings. The molecule has 1 aliphatic rings. The summed E-state index contributed by atoms with van der Waals surface area (Å²) in [5.74, 6) is 0.516. The normalized spacial score (nSPS) is 17.5. The number of ether oxygens (including phenoxy) is 1. The van der Waals surface area contributed by atoms with E-state index in [1.54, 1.807) is 0 Å². The van der Waals surface area contributed by atoms with Gasteiger partial charge < -0.3 is 15.6 Å². The predicted molar refractivity (Wildman–Crippen MR) is 122 cm³/mol. The quantitative estimate of drug-likeness (QED) is 0.576. The minimum absolute atomic E-state index is 0. The maximum atomic E-state index is 11.6. The molecule has 0 saturated heterocycles. The molecule has 1 unspecified atom stereocenters. The van der Waals surface area contributed by atoms with Gasteiger partial charge in [0.2, 0.25) is 0 Å². The molecule has 0 fully saturated rings. The molecule has 0 bridgehead atoms. The molecule has 0 saturated carbocycles. The Hall–Kier alpha value is -2.82. The second-order valence-corrected chi connectivity index (χ2v) is 7.72. The molecular weight excluding hydrogens is 398 g/mol. The van der Waals surface area contributed by atoms with Gasteiger partial charge in [-0.2, -0.15) is 0 Å². The van der Waals surface area contributed by atoms with Crippen molar-refractivity contribution in [1.29, 1.82) is 0 Å². The molecule has 1 atom stereocenters. The largest absolute Gasteiger partial charge is 0.480 e. The molecule has 0 radical (unpaired) electrons. The second kappa shape index (κ2) is 8.90. The van der Waals surface area contributed by atoms with Crippen LogP contribution < -0.4 is 10.5 Å². The van der Waals surface area contributed by atoms with E-state index in [0.29, 0.717) is 25.0 Å². The van der Waals surface area contributed by atoms with E-state index in [1.807, 2.05) is 36.4 Å². The van der Waals surface area contributed by atoms with E-state index in [1.165, 1.54) is 5.56 Å². The van der Waals surface area contributed by atoms with E-state index in [4.69, 9.17) is 10.5 Å². The smallest absolute Gasteiger partial charge is 0.324 e. The van der Waals surface area contributed by atoms with Gasteiger partial charge in [-0.05, 0) is 59.7 Å². The lowest BCUT2D eigenvalue weighted by molar-refractivity contribution is -0.143. The Balaban J connectivity index is 0.00000256. The van der Waals surface area contributed by atoms with Crippen LogP contribution in [0.2, 0.25) is 0 Å². The van der Waals surface area contributed by atoms with Crippen molar-refractivity contribution in [3.8, 4) is 22.6 Å². The highest BCUT2D eigenvalue weighted by Crippen LogP contribution is 2.36. The number of nitrogens with two attached hydrogens (primary N) is 1. The lowest BCUT2D eigenvalue weighted by Crippen LogP contribution is -2.52.